The zero-order valence-corrected chi connectivity index (χ0v) is 16.5. The van der Waals surface area contributed by atoms with E-state index in [9.17, 15) is 0 Å². The molecule has 0 bridgehead atoms. The Labute approximate surface area is 156 Å². The maximum atomic E-state index is 5.82. The van der Waals surface area contributed by atoms with Gasteiger partial charge in [0.1, 0.15) is 0 Å². The van der Waals surface area contributed by atoms with E-state index < -0.39 is 0 Å². The summed E-state index contributed by atoms with van der Waals surface area (Å²) in [5.74, 6) is 0.881. The number of nitrogens with zero attached hydrogens (tertiary/aromatic N) is 3. The molecule has 138 valence electrons. The van der Waals surface area contributed by atoms with Crippen molar-refractivity contribution in [1.29, 1.82) is 0 Å². The van der Waals surface area contributed by atoms with Crippen LogP contribution in [-0.2, 0) is 11.3 Å². The number of likely N-dealkylation sites (tertiary alicyclic amines) is 1. The van der Waals surface area contributed by atoms with Gasteiger partial charge in [0.2, 0.25) is 0 Å². The molecule has 2 unspecified atom stereocenters. The first kappa shape index (κ1) is 19.9. The van der Waals surface area contributed by atoms with E-state index in [1.807, 2.05) is 6.20 Å². The summed E-state index contributed by atoms with van der Waals surface area (Å²) in [6.07, 6.45) is 6.67. The average molecular weight is 375 g/mol. The van der Waals surface area contributed by atoms with E-state index in [1.54, 1.807) is 11.3 Å². The Morgan fingerprint density at radius 3 is 2.46 bits per heavy atom. The second kappa shape index (κ2) is 9.34. The van der Waals surface area contributed by atoms with Gasteiger partial charge in [-0.25, -0.2) is 4.98 Å². The number of piperidine rings is 1. The summed E-state index contributed by atoms with van der Waals surface area (Å²) in [4.78, 5) is 10.6. The van der Waals surface area contributed by atoms with E-state index in [0.717, 1.165) is 25.6 Å². The van der Waals surface area contributed by atoms with Gasteiger partial charge in [0.05, 0.1) is 12.2 Å². The highest BCUT2D eigenvalue weighted by Crippen LogP contribution is 2.24. The standard InChI is InChI=1S/C17H30N4OS.ClH/c1-13-10-21(11-14(2)22-13)8-5-15-3-6-20(7-4-15)12-16-9-19-17(18)23-16;/h9,13-15H,3-8,10-12H2,1-2H3,(H2,18,19);1H. The van der Waals surface area contributed by atoms with Gasteiger partial charge in [0.25, 0.3) is 0 Å². The highest BCUT2D eigenvalue weighted by molar-refractivity contribution is 7.15. The van der Waals surface area contributed by atoms with E-state index in [1.165, 1.54) is 43.8 Å². The highest BCUT2D eigenvalue weighted by Gasteiger charge is 2.24. The molecule has 0 saturated carbocycles. The summed E-state index contributed by atoms with van der Waals surface area (Å²) in [6.45, 7) is 11.2. The lowest BCUT2D eigenvalue weighted by atomic mass is 9.93. The molecule has 2 aliphatic rings. The molecule has 7 heteroatoms. The zero-order valence-electron chi connectivity index (χ0n) is 14.8. The van der Waals surface area contributed by atoms with E-state index in [0.29, 0.717) is 17.3 Å². The molecule has 0 spiro atoms. The van der Waals surface area contributed by atoms with Gasteiger partial charge in [0, 0.05) is 30.7 Å². The molecule has 0 amide bonds. The molecule has 3 heterocycles. The molecule has 1 aromatic rings. The van der Waals surface area contributed by atoms with Crippen molar-refractivity contribution in [3.05, 3.63) is 11.1 Å². The van der Waals surface area contributed by atoms with Crippen molar-refractivity contribution in [2.24, 2.45) is 5.92 Å². The lowest BCUT2D eigenvalue weighted by molar-refractivity contribution is -0.0693. The number of aromatic nitrogens is 1. The van der Waals surface area contributed by atoms with Gasteiger partial charge in [-0.3, -0.25) is 9.80 Å². The molecule has 1 aromatic heterocycles. The minimum atomic E-state index is 0. The molecule has 2 saturated heterocycles. The minimum absolute atomic E-state index is 0. The van der Waals surface area contributed by atoms with Gasteiger partial charge in [-0.1, -0.05) is 0 Å². The molecule has 2 aliphatic heterocycles. The van der Waals surface area contributed by atoms with Crippen LogP contribution in [0.1, 0.15) is 38.0 Å². The SMILES string of the molecule is CC1CN(CCC2CCN(Cc3cnc(N)s3)CC2)CC(C)O1.Cl. The maximum Gasteiger partial charge on any atom is 0.180 e. The van der Waals surface area contributed by atoms with Crippen LogP contribution in [0.25, 0.3) is 0 Å². The van der Waals surface area contributed by atoms with Crippen LogP contribution in [0.3, 0.4) is 0 Å². The third-order valence-electron chi connectivity index (χ3n) is 5.01. The van der Waals surface area contributed by atoms with Crippen LogP contribution in [0.2, 0.25) is 0 Å². The number of nitrogens with two attached hydrogens (primary N) is 1. The lowest BCUT2D eigenvalue weighted by Crippen LogP contribution is -2.46. The Morgan fingerprint density at radius 1 is 1.21 bits per heavy atom. The Hall–Kier alpha value is -0.400. The summed E-state index contributed by atoms with van der Waals surface area (Å²) in [6, 6.07) is 0. The van der Waals surface area contributed by atoms with Crippen LogP contribution in [-0.4, -0.2) is 59.7 Å². The number of anilines is 1. The Bertz CT molecular complexity index is 483. The molecule has 0 radical (unpaired) electrons. The molecule has 2 N–H and O–H groups in total. The number of thiazole rings is 1. The molecule has 3 rings (SSSR count). The fraction of sp³-hybridized carbons (Fsp3) is 0.824. The van der Waals surface area contributed by atoms with Gasteiger partial charge < -0.3 is 10.5 Å². The zero-order chi connectivity index (χ0) is 16.2. The minimum Gasteiger partial charge on any atom is -0.375 e. The smallest absolute Gasteiger partial charge is 0.180 e. The number of halogens is 1. The summed E-state index contributed by atoms with van der Waals surface area (Å²) < 4.78 is 5.82. The number of nitrogen functional groups attached to an aromatic ring is 1. The molecule has 0 aliphatic carbocycles. The van der Waals surface area contributed by atoms with Crippen LogP contribution in [0.4, 0.5) is 5.13 Å². The predicted molar refractivity (Wildman–Crippen MR) is 103 cm³/mol. The van der Waals surface area contributed by atoms with Crippen molar-refractivity contribution in [2.75, 3.05) is 38.5 Å². The number of hydrogen-bond donors (Lipinski definition) is 1. The van der Waals surface area contributed by atoms with E-state index in [-0.39, 0.29) is 12.4 Å². The van der Waals surface area contributed by atoms with Crippen LogP contribution in [0.5, 0.6) is 0 Å². The quantitative estimate of drug-likeness (QED) is 0.858. The second-order valence-electron chi connectivity index (χ2n) is 7.19. The monoisotopic (exact) mass is 374 g/mol. The topological polar surface area (TPSA) is 54.6 Å². The van der Waals surface area contributed by atoms with Crippen LogP contribution in [0, 0.1) is 5.92 Å². The molecular formula is C17H31ClN4OS. The largest absolute Gasteiger partial charge is 0.375 e. The van der Waals surface area contributed by atoms with E-state index in [4.69, 9.17) is 10.5 Å². The second-order valence-corrected chi connectivity index (χ2v) is 8.34. The molecule has 0 aromatic carbocycles. The highest BCUT2D eigenvalue weighted by atomic mass is 35.5. The van der Waals surface area contributed by atoms with Crippen molar-refractivity contribution >= 4 is 28.9 Å². The average Bonchev–Trinajstić information content (AvgIpc) is 2.91. The van der Waals surface area contributed by atoms with Crippen LogP contribution < -0.4 is 5.73 Å². The van der Waals surface area contributed by atoms with Crippen molar-refractivity contribution in [1.82, 2.24) is 14.8 Å². The first-order chi connectivity index (χ1) is 11.1. The normalized spacial score (nSPS) is 27.1. The molecule has 2 fully saturated rings. The van der Waals surface area contributed by atoms with Gasteiger partial charge >= 0.3 is 0 Å². The molecule has 24 heavy (non-hydrogen) atoms. The van der Waals surface area contributed by atoms with Gasteiger partial charge in [0.15, 0.2) is 5.13 Å². The number of rotatable bonds is 5. The summed E-state index contributed by atoms with van der Waals surface area (Å²) in [5, 5.41) is 0.684. The molecule has 2 atom stereocenters. The number of hydrogen-bond acceptors (Lipinski definition) is 6. The Kier molecular flexibility index (Phi) is 7.75. The predicted octanol–water partition coefficient (Wildman–Crippen LogP) is 2.86. The fourth-order valence-corrected chi connectivity index (χ4v) is 4.61. The van der Waals surface area contributed by atoms with Crippen LogP contribution >= 0.6 is 23.7 Å². The van der Waals surface area contributed by atoms with Crippen LogP contribution in [0.15, 0.2) is 6.20 Å². The summed E-state index contributed by atoms with van der Waals surface area (Å²) in [5.41, 5.74) is 5.71. The number of ether oxygens (including phenoxy) is 1. The number of morpholine rings is 1. The van der Waals surface area contributed by atoms with Crippen molar-refractivity contribution in [3.63, 3.8) is 0 Å². The van der Waals surface area contributed by atoms with E-state index in [2.05, 4.69) is 28.6 Å². The summed E-state index contributed by atoms with van der Waals surface area (Å²) >= 11 is 1.62. The van der Waals surface area contributed by atoms with Crippen molar-refractivity contribution in [2.45, 2.75) is 51.9 Å². The summed E-state index contributed by atoms with van der Waals surface area (Å²) in [7, 11) is 0. The first-order valence-corrected chi connectivity index (χ1v) is 9.70. The van der Waals surface area contributed by atoms with Crippen molar-refractivity contribution in [3.8, 4) is 0 Å². The van der Waals surface area contributed by atoms with Gasteiger partial charge in [-0.2, -0.15) is 0 Å². The van der Waals surface area contributed by atoms with Gasteiger partial charge in [-0.05, 0) is 58.7 Å². The third-order valence-corrected chi connectivity index (χ3v) is 5.82. The fourth-order valence-electron chi connectivity index (χ4n) is 3.88. The maximum absolute atomic E-state index is 5.82. The van der Waals surface area contributed by atoms with Gasteiger partial charge in [-0.15, -0.1) is 23.7 Å². The molecular weight excluding hydrogens is 344 g/mol. The third kappa shape index (κ3) is 5.85. The van der Waals surface area contributed by atoms with Crippen molar-refractivity contribution < 1.29 is 4.74 Å². The lowest BCUT2D eigenvalue weighted by Gasteiger charge is -2.37. The molecule has 5 nitrogen and oxygen atoms in total. The Balaban J connectivity index is 0.00000208. The van der Waals surface area contributed by atoms with E-state index >= 15 is 0 Å². The Morgan fingerprint density at radius 2 is 1.88 bits per heavy atom. The first-order valence-electron chi connectivity index (χ1n) is 8.89.